The van der Waals surface area contributed by atoms with Gasteiger partial charge in [0.05, 0.1) is 5.02 Å². The average Bonchev–Trinajstić information content (AvgIpc) is 2.27. The number of nitrogen functional groups attached to an aromatic ring is 1. The van der Waals surface area contributed by atoms with E-state index in [1.807, 2.05) is 30.3 Å². The van der Waals surface area contributed by atoms with Crippen LogP contribution in [-0.4, -0.2) is 0 Å². The van der Waals surface area contributed by atoms with E-state index in [0.717, 1.165) is 9.79 Å². The first-order valence-electron chi connectivity index (χ1n) is 4.64. The number of halogens is 2. The van der Waals surface area contributed by atoms with Crippen molar-refractivity contribution in [3.63, 3.8) is 0 Å². The van der Waals surface area contributed by atoms with Crippen molar-refractivity contribution in [3.8, 4) is 0 Å². The van der Waals surface area contributed by atoms with Gasteiger partial charge >= 0.3 is 0 Å². The largest absolute Gasteiger partial charge is 0.398 e. The van der Waals surface area contributed by atoms with Gasteiger partial charge in [-0.2, -0.15) is 0 Å². The van der Waals surface area contributed by atoms with Crippen LogP contribution in [-0.2, 0) is 0 Å². The first-order chi connectivity index (χ1) is 7.66. The van der Waals surface area contributed by atoms with Gasteiger partial charge in [-0.3, -0.25) is 0 Å². The Morgan fingerprint density at radius 1 is 0.938 bits per heavy atom. The van der Waals surface area contributed by atoms with E-state index in [9.17, 15) is 0 Å². The second kappa shape index (κ2) is 5.00. The monoisotopic (exact) mass is 269 g/mol. The zero-order valence-electron chi connectivity index (χ0n) is 8.28. The van der Waals surface area contributed by atoms with Gasteiger partial charge in [-0.1, -0.05) is 47.1 Å². The van der Waals surface area contributed by atoms with E-state index >= 15 is 0 Å². The third kappa shape index (κ3) is 2.64. The number of rotatable bonds is 2. The van der Waals surface area contributed by atoms with Crippen LogP contribution < -0.4 is 5.73 Å². The van der Waals surface area contributed by atoms with Crippen LogP contribution in [0.2, 0.25) is 10.0 Å². The van der Waals surface area contributed by atoms with Crippen LogP contribution in [0.25, 0.3) is 0 Å². The van der Waals surface area contributed by atoms with Crippen LogP contribution >= 0.6 is 35.0 Å². The van der Waals surface area contributed by atoms with Crippen molar-refractivity contribution in [2.75, 3.05) is 5.73 Å². The lowest BCUT2D eigenvalue weighted by molar-refractivity contribution is 1.41. The molecule has 0 fully saturated rings. The summed E-state index contributed by atoms with van der Waals surface area (Å²) < 4.78 is 0. The van der Waals surface area contributed by atoms with E-state index in [2.05, 4.69) is 0 Å². The molecule has 0 aromatic heterocycles. The average molecular weight is 270 g/mol. The van der Waals surface area contributed by atoms with Gasteiger partial charge < -0.3 is 5.73 Å². The molecule has 0 spiro atoms. The van der Waals surface area contributed by atoms with Gasteiger partial charge in [-0.05, 0) is 30.3 Å². The van der Waals surface area contributed by atoms with Crippen molar-refractivity contribution in [3.05, 3.63) is 52.5 Å². The van der Waals surface area contributed by atoms with E-state index in [0.29, 0.717) is 15.7 Å². The van der Waals surface area contributed by atoms with E-state index in [1.54, 1.807) is 12.1 Å². The van der Waals surface area contributed by atoms with Gasteiger partial charge in [0.15, 0.2) is 0 Å². The smallest absolute Gasteiger partial charge is 0.0545 e. The van der Waals surface area contributed by atoms with E-state index in [-0.39, 0.29) is 0 Å². The van der Waals surface area contributed by atoms with Crippen molar-refractivity contribution >= 4 is 40.7 Å². The van der Waals surface area contributed by atoms with Gasteiger partial charge in [0.2, 0.25) is 0 Å². The molecule has 16 heavy (non-hydrogen) atoms. The molecule has 82 valence electrons. The lowest BCUT2D eigenvalue weighted by Gasteiger charge is -2.07. The molecule has 1 nitrogen and oxygen atoms in total. The maximum atomic E-state index is 6.07. The Hall–Kier alpha value is -0.830. The van der Waals surface area contributed by atoms with Gasteiger partial charge in [-0.15, -0.1) is 0 Å². The zero-order chi connectivity index (χ0) is 11.5. The Kier molecular flexibility index (Phi) is 3.64. The predicted octanol–water partition coefficient (Wildman–Crippen LogP) is 4.73. The standard InChI is InChI=1S/C12H9Cl2NS/c13-8-5-6-10(15)12(7-8)16-11-4-2-1-3-9(11)14/h1-7H,15H2. The summed E-state index contributed by atoms with van der Waals surface area (Å²) >= 11 is 13.5. The maximum absolute atomic E-state index is 6.07. The summed E-state index contributed by atoms with van der Waals surface area (Å²) in [6, 6.07) is 13.0. The molecule has 4 heteroatoms. The fraction of sp³-hybridized carbons (Fsp3) is 0. The van der Waals surface area contributed by atoms with Crippen LogP contribution in [0.5, 0.6) is 0 Å². The van der Waals surface area contributed by atoms with Crippen molar-refractivity contribution < 1.29 is 0 Å². The molecule has 2 N–H and O–H groups in total. The van der Waals surface area contributed by atoms with Gasteiger partial charge in [0, 0.05) is 20.5 Å². The summed E-state index contributed by atoms with van der Waals surface area (Å²) in [5.41, 5.74) is 6.57. The molecule has 0 unspecified atom stereocenters. The molecule has 2 rings (SSSR count). The van der Waals surface area contributed by atoms with Gasteiger partial charge in [0.1, 0.15) is 0 Å². The quantitative estimate of drug-likeness (QED) is 0.798. The molecule has 0 saturated heterocycles. The highest BCUT2D eigenvalue weighted by Gasteiger charge is 2.05. The lowest BCUT2D eigenvalue weighted by atomic mass is 10.3. The van der Waals surface area contributed by atoms with Crippen LogP contribution in [0.1, 0.15) is 0 Å². The molecule has 0 heterocycles. The number of nitrogens with two attached hydrogens (primary N) is 1. The summed E-state index contributed by atoms with van der Waals surface area (Å²) in [6.07, 6.45) is 0. The predicted molar refractivity (Wildman–Crippen MR) is 71.4 cm³/mol. The Morgan fingerprint density at radius 2 is 1.69 bits per heavy atom. The second-order valence-corrected chi connectivity index (χ2v) is 5.14. The molecule has 0 atom stereocenters. The maximum Gasteiger partial charge on any atom is 0.0545 e. The van der Waals surface area contributed by atoms with Crippen molar-refractivity contribution in [1.82, 2.24) is 0 Å². The number of hydrogen-bond acceptors (Lipinski definition) is 2. The molecular weight excluding hydrogens is 261 g/mol. The van der Waals surface area contributed by atoms with Crippen molar-refractivity contribution in [2.24, 2.45) is 0 Å². The number of benzene rings is 2. The Balaban J connectivity index is 2.34. The molecule has 0 amide bonds. The Bertz CT molecular complexity index is 514. The molecule has 0 aliphatic carbocycles. The Morgan fingerprint density at radius 3 is 2.44 bits per heavy atom. The highest BCUT2D eigenvalue weighted by molar-refractivity contribution is 7.99. The Labute approximate surface area is 109 Å². The topological polar surface area (TPSA) is 26.0 Å². The van der Waals surface area contributed by atoms with Gasteiger partial charge in [0.25, 0.3) is 0 Å². The SMILES string of the molecule is Nc1ccc(Cl)cc1Sc1ccccc1Cl. The first-order valence-corrected chi connectivity index (χ1v) is 6.21. The van der Waals surface area contributed by atoms with E-state index < -0.39 is 0 Å². The molecule has 0 aliphatic rings. The third-order valence-corrected chi connectivity index (χ3v) is 3.86. The fourth-order valence-electron chi connectivity index (χ4n) is 1.24. The summed E-state index contributed by atoms with van der Waals surface area (Å²) in [7, 11) is 0. The summed E-state index contributed by atoms with van der Waals surface area (Å²) in [5.74, 6) is 0. The minimum absolute atomic E-state index is 0.670. The van der Waals surface area contributed by atoms with E-state index in [4.69, 9.17) is 28.9 Å². The minimum Gasteiger partial charge on any atom is -0.398 e. The lowest BCUT2D eigenvalue weighted by Crippen LogP contribution is -1.87. The van der Waals surface area contributed by atoms with E-state index in [1.165, 1.54) is 11.8 Å². The normalized spacial score (nSPS) is 10.4. The molecule has 0 bridgehead atoms. The van der Waals surface area contributed by atoms with Crippen LogP contribution in [0, 0.1) is 0 Å². The number of hydrogen-bond donors (Lipinski definition) is 1. The second-order valence-electron chi connectivity index (χ2n) is 3.21. The molecule has 0 aliphatic heterocycles. The van der Waals surface area contributed by atoms with Crippen LogP contribution in [0.3, 0.4) is 0 Å². The highest BCUT2D eigenvalue weighted by Crippen LogP contribution is 2.37. The minimum atomic E-state index is 0.670. The molecule has 2 aromatic rings. The molecular formula is C12H9Cl2NS. The van der Waals surface area contributed by atoms with Gasteiger partial charge in [-0.25, -0.2) is 0 Å². The number of anilines is 1. The van der Waals surface area contributed by atoms with Crippen molar-refractivity contribution in [2.45, 2.75) is 9.79 Å². The summed E-state index contributed by atoms with van der Waals surface area (Å²) in [6.45, 7) is 0. The first kappa shape index (κ1) is 11.6. The molecule has 2 aromatic carbocycles. The third-order valence-electron chi connectivity index (χ3n) is 2.03. The summed E-state index contributed by atoms with van der Waals surface area (Å²) in [4.78, 5) is 1.89. The zero-order valence-corrected chi connectivity index (χ0v) is 10.6. The summed E-state index contributed by atoms with van der Waals surface area (Å²) in [5, 5.41) is 1.38. The molecule has 0 radical (unpaired) electrons. The van der Waals surface area contributed by atoms with Crippen LogP contribution in [0.15, 0.2) is 52.3 Å². The molecule has 0 saturated carbocycles. The fourth-order valence-corrected chi connectivity index (χ4v) is 2.65. The highest BCUT2D eigenvalue weighted by atomic mass is 35.5. The van der Waals surface area contributed by atoms with Crippen LogP contribution in [0.4, 0.5) is 5.69 Å². The van der Waals surface area contributed by atoms with Crippen molar-refractivity contribution in [1.29, 1.82) is 0 Å².